The van der Waals surface area contributed by atoms with Crippen LogP contribution in [0.5, 0.6) is 0 Å². The minimum absolute atomic E-state index is 0.0249. The fourth-order valence-electron chi connectivity index (χ4n) is 2.51. The van der Waals surface area contributed by atoms with Gasteiger partial charge in [0.25, 0.3) is 5.91 Å². The topological polar surface area (TPSA) is 93.4 Å². The normalized spacial score (nSPS) is 15.7. The number of benzene rings is 1. The number of carboxylic acid groups (broad SMARTS) is 1. The quantitative estimate of drug-likeness (QED) is 0.645. The zero-order valence-corrected chi connectivity index (χ0v) is 14.0. The van der Waals surface area contributed by atoms with Crippen LogP contribution < -0.4 is 5.32 Å². The van der Waals surface area contributed by atoms with Crippen molar-refractivity contribution < 1.29 is 14.7 Å². The standard InChI is InChI=1S/C17H18ClN3O3/c1-11-2-3-14(18)8-15(11)20-16(22)13(9-19)10-21-6-4-12(5-7-21)17(23)24/h2-3,8,10,12H,4-7H2,1H3,(H,20,22)(H,23,24)/b13-10-. The Bertz CT molecular complexity index is 716. The summed E-state index contributed by atoms with van der Waals surface area (Å²) in [6.07, 6.45) is 2.49. The second-order valence-corrected chi connectivity index (χ2v) is 6.15. The van der Waals surface area contributed by atoms with Gasteiger partial charge in [-0.25, -0.2) is 0 Å². The number of anilines is 1. The monoisotopic (exact) mass is 347 g/mol. The molecule has 0 aliphatic carbocycles. The molecule has 1 aromatic rings. The molecule has 2 N–H and O–H groups in total. The number of nitrogens with zero attached hydrogens (tertiary/aromatic N) is 2. The molecular formula is C17H18ClN3O3. The molecule has 1 aliphatic rings. The number of hydrogen-bond acceptors (Lipinski definition) is 4. The predicted molar refractivity (Wildman–Crippen MR) is 90.4 cm³/mol. The van der Waals surface area contributed by atoms with Crippen molar-refractivity contribution >= 4 is 29.2 Å². The fourth-order valence-corrected chi connectivity index (χ4v) is 2.69. The molecule has 1 amide bonds. The Morgan fingerprint density at radius 1 is 1.42 bits per heavy atom. The average Bonchev–Trinajstić information content (AvgIpc) is 2.56. The van der Waals surface area contributed by atoms with Crippen molar-refractivity contribution in [1.82, 2.24) is 4.90 Å². The largest absolute Gasteiger partial charge is 0.481 e. The molecule has 2 rings (SSSR count). The van der Waals surface area contributed by atoms with E-state index in [1.54, 1.807) is 18.2 Å². The molecule has 0 radical (unpaired) electrons. The Morgan fingerprint density at radius 3 is 2.67 bits per heavy atom. The molecule has 24 heavy (non-hydrogen) atoms. The lowest BCUT2D eigenvalue weighted by Crippen LogP contribution is -2.33. The molecule has 7 heteroatoms. The summed E-state index contributed by atoms with van der Waals surface area (Å²) >= 11 is 5.92. The van der Waals surface area contributed by atoms with Crippen LogP contribution in [-0.2, 0) is 9.59 Å². The zero-order chi connectivity index (χ0) is 17.7. The Balaban J connectivity index is 2.05. The van der Waals surface area contributed by atoms with Gasteiger partial charge >= 0.3 is 5.97 Å². The summed E-state index contributed by atoms with van der Waals surface area (Å²) in [7, 11) is 0. The lowest BCUT2D eigenvalue weighted by atomic mass is 9.97. The van der Waals surface area contributed by atoms with E-state index >= 15 is 0 Å². The van der Waals surface area contributed by atoms with Crippen LogP contribution in [0.3, 0.4) is 0 Å². The van der Waals surface area contributed by atoms with Gasteiger partial charge in [-0.1, -0.05) is 17.7 Å². The summed E-state index contributed by atoms with van der Waals surface area (Å²) in [6, 6.07) is 7.03. The summed E-state index contributed by atoms with van der Waals surface area (Å²) in [6.45, 7) is 2.84. The SMILES string of the molecule is Cc1ccc(Cl)cc1NC(=O)/C(C#N)=C\N1CCC(C(=O)O)CC1. The molecular weight excluding hydrogens is 330 g/mol. The highest BCUT2D eigenvalue weighted by Crippen LogP contribution is 2.21. The summed E-state index contributed by atoms with van der Waals surface area (Å²) in [5, 5.41) is 21.4. The number of carboxylic acids is 1. The Kier molecular flexibility index (Phi) is 5.83. The fraction of sp³-hybridized carbons (Fsp3) is 0.353. The second-order valence-electron chi connectivity index (χ2n) is 5.72. The van der Waals surface area contributed by atoms with Gasteiger partial charge in [-0.05, 0) is 37.5 Å². The van der Waals surface area contributed by atoms with E-state index in [0.717, 1.165) is 5.56 Å². The third kappa shape index (κ3) is 4.49. The lowest BCUT2D eigenvalue weighted by molar-refractivity contribution is -0.143. The van der Waals surface area contributed by atoms with E-state index in [0.29, 0.717) is 36.6 Å². The first-order chi connectivity index (χ1) is 11.4. The van der Waals surface area contributed by atoms with Crippen LogP contribution in [-0.4, -0.2) is 35.0 Å². The number of nitriles is 1. The smallest absolute Gasteiger partial charge is 0.306 e. The van der Waals surface area contributed by atoms with E-state index in [2.05, 4.69) is 5.32 Å². The average molecular weight is 348 g/mol. The van der Waals surface area contributed by atoms with Crippen LogP contribution in [0.25, 0.3) is 0 Å². The molecule has 1 aliphatic heterocycles. The highest BCUT2D eigenvalue weighted by atomic mass is 35.5. The van der Waals surface area contributed by atoms with Crippen LogP contribution in [0.1, 0.15) is 18.4 Å². The van der Waals surface area contributed by atoms with Gasteiger partial charge in [-0.2, -0.15) is 5.26 Å². The maximum absolute atomic E-state index is 12.3. The first-order valence-electron chi connectivity index (χ1n) is 7.57. The number of aryl methyl sites for hydroxylation is 1. The van der Waals surface area contributed by atoms with Crippen molar-refractivity contribution in [2.24, 2.45) is 5.92 Å². The molecule has 1 heterocycles. The Morgan fingerprint density at radius 2 is 2.08 bits per heavy atom. The third-order valence-electron chi connectivity index (χ3n) is 4.00. The van der Waals surface area contributed by atoms with Crippen LogP contribution in [0.15, 0.2) is 30.0 Å². The van der Waals surface area contributed by atoms with Crippen LogP contribution in [0.2, 0.25) is 5.02 Å². The van der Waals surface area contributed by atoms with Gasteiger partial charge in [0.2, 0.25) is 0 Å². The van der Waals surface area contributed by atoms with Crippen molar-refractivity contribution in [2.75, 3.05) is 18.4 Å². The molecule has 0 spiro atoms. The first-order valence-corrected chi connectivity index (χ1v) is 7.94. The van der Waals surface area contributed by atoms with E-state index < -0.39 is 11.9 Å². The molecule has 0 saturated carbocycles. The van der Waals surface area contributed by atoms with E-state index in [9.17, 15) is 14.9 Å². The zero-order valence-electron chi connectivity index (χ0n) is 13.3. The van der Waals surface area contributed by atoms with Gasteiger partial charge in [0, 0.05) is 30.0 Å². The lowest BCUT2D eigenvalue weighted by Gasteiger charge is -2.29. The van der Waals surface area contributed by atoms with Crippen molar-refractivity contribution in [3.8, 4) is 6.07 Å². The van der Waals surface area contributed by atoms with E-state index in [-0.39, 0.29) is 11.5 Å². The number of nitrogens with one attached hydrogen (secondary N) is 1. The van der Waals surface area contributed by atoms with Gasteiger partial charge in [-0.15, -0.1) is 0 Å². The van der Waals surface area contributed by atoms with Gasteiger partial charge in [-0.3, -0.25) is 9.59 Å². The number of carbonyl (C=O) groups excluding carboxylic acids is 1. The number of amides is 1. The number of piperidine rings is 1. The van der Waals surface area contributed by atoms with Crippen LogP contribution in [0.4, 0.5) is 5.69 Å². The van der Waals surface area contributed by atoms with Crippen molar-refractivity contribution in [3.05, 3.63) is 40.6 Å². The summed E-state index contributed by atoms with van der Waals surface area (Å²) < 4.78 is 0. The molecule has 6 nitrogen and oxygen atoms in total. The minimum atomic E-state index is -0.798. The van der Waals surface area contributed by atoms with E-state index in [1.807, 2.05) is 17.9 Å². The second kappa shape index (κ2) is 7.84. The molecule has 0 unspecified atom stereocenters. The molecule has 1 fully saturated rings. The van der Waals surface area contributed by atoms with Crippen LogP contribution >= 0.6 is 11.6 Å². The van der Waals surface area contributed by atoms with Crippen LogP contribution in [0, 0.1) is 24.2 Å². The van der Waals surface area contributed by atoms with Gasteiger partial charge in [0.05, 0.1) is 5.92 Å². The molecule has 1 saturated heterocycles. The Labute approximate surface area is 145 Å². The third-order valence-corrected chi connectivity index (χ3v) is 4.24. The van der Waals surface area contributed by atoms with Crippen molar-refractivity contribution in [2.45, 2.75) is 19.8 Å². The predicted octanol–water partition coefficient (Wildman–Crippen LogP) is 2.79. The Hall–Kier alpha value is -2.52. The summed E-state index contributed by atoms with van der Waals surface area (Å²) in [4.78, 5) is 25.0. The maximum atomic E-state index is 12.3. The molecule has 0 bridgehead atoms. The summed E-state index contributed by atoms with van der Waals surface area (Å²) in [5.74, 6) is -1.67. The van der Waals surface area contributed by atoms with Crippen molar-refractivity contribution in [3.63, 3.8) is 0 Å². The number of halogens is 1. The number of likely N-dealkylation sites (tertiary alicyclic amines) is 1. The van der Waals surface area contributed by atoms with E-state index in [4.69, 9.17) is 16.7 Å². The van der Waals surface area contributed by atoms with Gasteiger partial charge in [0.15, 0.2) is 0 Å². The van der Waals surface area contributed by atoms with Crippen molar-refractivity contribution in [1.29, 1.82) is 5.26 Å². The number of rotatable bonds is 4. The maximum Gasteiger partial charge on any atom is 0.306 e. The minimum Gasteiger partial charge on any atom is -0.481 e. The number of hydrogen-bond donors (Lipinski definition) is 2. The van der Waals surface area contributed by atoms with Gasteiger partial charge < -0.3 is 15.3 Å². The highest BCUT2D eigenvalue weighted by Gasteiger charge is 2.24. The first kappa shape index (κ1) is 17.8. The highest BCUT2D eigenvalue weighted by molar-refractivity contribution is 6.31. The molecule has 1 aromatic carbocycles. The number of carbonyl (C=O) groups is 2. The van der Waals surface area contributed by atoms with Gasteiger partial charge in [0.1, 0.15) is 11.6 Å². The molecule has 0 atom stereocenters. The summed E-state index contributed by atoms with van der Waals surface area (Å²) in [5.41, 5.74) is 1.37. The molecule has 126 valence electrons. The van der Waals surface area contributed by atoms with E-state index in [1.165, 1.54) is 6.20 Å². The molecule has 0 aromatic heterocycles. The number of aliphatic carboxylic acids is 1.